The molecule has 82 valence electrons. The monoisotopic (exact) mass is 218 g/mol. The molecule has 6 heteroatoms. The molecule has 1 amide bonds. The molecule has 1 fully saturated rings. The average molecular weight is 218 g/mol. The van der Waals surface area contributed by atoms with Crippen molar-refractivity contribution in [3.63, 3.8) is 0 Å². The van der Waals surface area contributed by atoms with Crippen molar-refractivity contribution in [3.8, 4) is 0 Å². The number of rotatable bonds is 2. The van der Waals surface area contributed by atoms with Crippen LogP contribution in [-0.2, 0) is 4.74 Å². The quantitative estimate of drug-likeness (QED) is 0.761. The molecule has 0 aromatic carbocycles. The Morgan fingerprint density at radius 2 is 2.38 bits per heavy atom. The fourth-order valence-electron chi connectivity index (χ4n) is 1.59. The SMILES string of the molecule is O=C(NC1COC1)c1cnn2ccncc12. The van der Waals surface area contributed by atoms with E-state index in [1.807, 2.05) is 0 Å². The minimum absolute atomic E-state index is 0.124. The molecule has 0 radical (unpaired) electrons. The first kappa shape index (κ1) is 9.29. The van der Waals surface area contributed by atoms with Gasteiger partial charge in [0.1, 0.15) is 0 Å². The van der Waals surface area contributed by atoms with Crippen LogP contribution in [0.3, 0.4) is 0 Å². The summed E-state index contributed by atoms with van der Waals surface area (Å²) in [7, 11) is 0. The molecule has 2 aromatic heterocycles. The number of nitrogens with one attached hydrogen (secondary N) is 1. The second-order valence-corrected chi connectivity index (χ2v) is 3.67. The smallest absolute Gasteiger partial charge is 0.255 e. The average Bonchev–Trinajstić information content (AvgIpc) is 2.67. The summed E-state index contributed by atoms with van der Waals surface area (Å²) in [6, 6.07) is 0.124. The van der Waals surface area contributed by atoms with Gasteiger partial charge in [-0.05, 0) is 0 Å². The summed E-state index contributed by atoms with van der Waals surface area (Å²) >= 11 is 0. The summed E-state index contributed by atoms with van der Waals surface area (Å²) in [6.45, 7) is 1.17. The Bertz CT molecular complexity index is 532. The van der Waals surface area contributed by atoms with Gasteiger partial charge in [-0.2, -0.15) is 5.10 Å². The summed E-state index contributed by atoms with van der Waals surface area (Å²) in [5, 5.41) is 6.94. The number of fused-ring (bicyclic) bond motifs is 1. The van der Waals surface area contributed by atoms with E-state index in [2.05, 4.69) is 15.4 Å². The fraction of sp³-hybridized carbons (Fsp3) is 0.300. The number of aromatic nitrogens is 3. The maximum Gasteiger partial charge on any atom is 0.255 e. The van der Waals surface area contributed by atoms with Crippen LogP contribution in [0.15, 0.2) is 24.8 Å². The molecule has 0 atom stereocenters. The highest BCUT2D eigenvalue weighted by molar-refractivity contribution is 6.00. The minimum Gasteiger partial charge on any atom is -0.377 e. The molecule has 1 aliphatic heterocycles. The van der Waals surface area contributed by atoms with Gasteiger partial charge in [0.05, 0.1) is 42.7 Å². The Morgan fingerprint density at radius 1 is 1.50 bits per heavy atom. The van der Waals surface area contributed by atoms with Gasteiger partial charge in [-0.1, -0.05) is 0 Å². The summed E-state index contributed by atoms with van der Waals surface area (Å²) in [4.78, 5) is 15.9. The predicted octanol–water partition coefficient (Wildman–Crippen LogP) is -0.142. The van der Waals surface area contributed by atoms with Gasteiger partial charge in [0.15, 0.2) is 0 Å². The van der Waals surface area contributed by atoms with E-state index in [1.54, 1.807) is 29.3 Å². The van der Waals surface area contributed by atoms with Gasteiger partial charge >= 0.3 is 0 Å². The van der Waals surface area contributed by atoms with Crippen molar-refractivity contribution in [2.45, 2.75) is 6.04 Å². The van der Waals surface area contributed by atoms with E-state index in [1.165, 1.54) is 0 Å². The molecule has 2 aromatic rings. The Morgan fingerprint density at radius 3 is 3.12 bits per heavy atom. The molecule has 1 aliphatic rings. The van der Waals surface area contributed by atoms with E-state index in [0.717, 1.165) is 0 Å². The molecule has 0 bridgehead atoms. The highest BCUT2D eigenvalue weighted by Gasteiger charge is 2.22. The van der Waals surface area contributed by atoms with Crippen molar-refractivity contribution in [1.82, 2.24) is 19.9 Å². The zero-order valence-corrected chi connectivity index (χ0v) is 8.46. The van der Waals surface area contributed by atoms with Crippen LogP contribution in [0, 0.1) is 0 Å². The topological polar surface area (TPSA) is 68.5 Å². The molecule has 0 unspecified atom stereocenters. The molecular weight excluding hydrogens is 208 g/mol. The van der Waals surface area contributed by atoms with Crippen LogP contribution in [0.4, 0.5) is 0 Å². The Hall–Kier alpha value is -1.95. The van der Waals surface area contributed by atoms with E-state index in [0.29, 0.717) is 24.3 Å². The molecule has 3 rings (SSSR count). The number of carbonyl (C=O) groups excluding carboxylic acids is 1. The Labute approximate surface area is 91.2 Å². The van der Waals surface area contributed by atoms with Crippen LogP contribution in [0.25, 0.3) is 5.52 Å². The number of nitrogens with zero attached hydrogens (tertiary/aromatic N) is 3. The van der Waals surface area contributed by atoms with E-state index < -0.39 is 0 Å². The van der Waals surface area contributed by atoms with Crippen molar-refractivity contribution in [3.05, 3.63) is 30.4 Å². The van der Waals surface area contributed by atoms with Gasteiger partial charge in [-0.15, -0.1) is 0 Å². The number of hydrogen-bond donors (Lipinski definition) is 1. The third-order valence-electron chi connectivity index (χ3n) is 2.54. The maximum absolute atomic E-state index is 11.9. The maximum atomic E-state index is 11.9. The molecule has 0 aliphatic carbocycles. The van der Waals surface area contributed by atoms with Crippen LogP contribution in [0.1, 0.15) is 10.4 Å². The molecule has 1 saturated heterocycles. The van der Waals surface area contributed by atoms with Crippen molar-refractivity contribution < 1.29 is 9.53 Å². The van der Waals surface area contributed by atoms with Crippen molar-refractivity contribution in [2.24, 2.45) is 0 Å². The summed E-state index contributed by atoms with van der Waals surface area (Å²) in [5.74, 6) is -0.128. The normalized spacial score (nSPS) is 16.0. The highest BCUT2D eigenvalue weighted by atomic mass is 16.5. The lowest BCUT2D eigenvalue weighted by atomic mass is 10.2. The molecule has 1 N–H and O–H groups in total. The zero-order chi connectivity index (χ0) is 11.0. The standard InChI is InChI=1S/C10H10N4O2/c15-10(13-7-5-16-6-7)8-3-12-14-2-1-11-4-9(8)14/h1-4,7H,5-6H2,(H,13,15). The lowest BCUT2D eigenvalue weighted by molar-refractivity contribution is -0.00343. The van der Waals surface area contributed by atoms with Crippen molar-refractivity contribution in [2.75, 3.05) is 13.2 Å². The Kier molecular flexibility index (Phi) is 2.07. The number of hydrogen-bond acceptors (Lipinski definition) is 4. The molecule has 3 heterocycles. The first-order valence-corrected chi connectivity index (χ1v) is 5.00. The molecule has 0 spiro atoms. The van der Waals surface area contributed by atoms with Gasteiger partial charge in [0.25, 0.3) is 5.91 Å². The minimum atomic E-state index is -0.128. The van der Waals surface area contributed by atoms with Crippen molar-refractivity contribution >= 4 is 11.4 Å². The van der Waals surface area contributed by atoms with Gasteiger partial charge < -0.3 is 10.1 Å². The van der Waals surface area contributed by atoms with E-state index in [-0.39, 0.29) is 11.9 Å². The largest absolute Gasteiger partial charge is 0.377 e. The lowest BCUT2D eigenvalue weighted by Gasteiger charge is -2.26. The third-order valence-corrected chi connectivity index (χ3v) is 2.54. The molecule has 16 heavy (non-hydrogen) atoms. The van der Waals surface area contributed by atoms with Crippen LogP contribution < -0.4 is 5.32 Å². The fourth-order valence-corrected chi connectivity index (χ4v) is 1.59. The van der Waals surface area contributed by atoms with Crippen LogP contribution in [0.2, 0.25) is 0 Å². The van der Waals surface area contributed by atoms with Crippen LogP contribution in [0.5, 0.6) is 0 Å². The predicted molar refractivity (Wildman–Crippen MR) is 55.1 cm³/mol. The van der Waals surface area contributed by atoms with E-state index in [9.17, 15) is 4.79 Å². The number of amides is 1. The first-order valence-electron chi connectivity index (χ1n) is 5.00. The Balaban J connectivity index is 1.89. The summed E-state index contributed by atoms with van der Waals surface area (Å²) < 4.78 is 6.62. The van der Waals surface area contributed by atoms with Crippen molar-refractivity contribution in [1.29, 1.82) is 0 Å². The first-order chi connectivity index (χ1) is 7.84. The van der Waals surface area contributed by atoms with Gasteiger partial charge in [0.2, 0.25) is 0 Å². The summed E-state index contributed by atoms with van der Waals surface area (Å²) in [6.07, 6.45) is 6.51. The molecule has 6 nitrogen and oxygen atoms in total. The van der Waals surface area contributed by atoms with Gasteiger partial charge in [0, 0.05) is 12.4 Å². The second-order valence-electron chi connectivity index (χ2n) is 3.67. The summed E-state index contributed by atoms with van der Waals surface area (Å²) in [5.41, 5.74) is 1.25. The van der Waals surface area contributed by atoms with E-state index >= 15 is 0 Å². The molecular formula is C10H10N4O2. The van der Waals surface area contributed by atoms with E-state index in [4.69, 9.17) is 4.74 Å². The van der Waals surface area contributed by atoms with Crippen LogP contribution in [-0.4, -0.2) is 39.8 Å². The third kappa shape index (κ3) is 1.43. The number of ether oxygens (including phenoxy) is 1. The molecule has 0 saturated carbocycles. The lowest BCUT2D eigenvalue weighted by Crippen LogP contribution is -2.48. The van der Waals surface area contributed by atoms with Gasteiger partial charge in [-0.3, -0.25) is 9.78 Å². The zero-order valence-electron chi connectivity index (χ0n) is 8.46. The highest BCUT2D eigenvalue weighted by Crippen LogP contribution is 2.09. The second kappa shape index (κ2) is 3.57. The van der Waals surface area contributed by atoms with Crippen LogP contribution >= 0.6 is 0 Å². The van der Waals surface area contributed by atoms with Gasteiger partial charge in [-0.25, -0.2) is 4.52 Å². The number of carbonyl (C=O) groups is 1.